The quantitative estimate of drug-likeness (QED) is 0.419. The Hall–Kier alpha value is -1.07. The lowest BCUT2D eigenvalue weighted by Gasteiger charge is -2.36. The van der Waals surface area contributed by atoms with Gasteiger partial charge in [0.25, 0.3) is 0 Å². The van der Waals surface area contributed by atoms with Crippen LogP contribution in [0.1, 0.15) is 12.8 Å². The number of guanidine groups is 1. The van der Waals surface area contributed by atoms with Crippen molar-refractivity contribution in [3.8, 4) is 0 Å². The summed E-state index contributed by atoms with van der Waals surface area (Å²) >= 11 is 0. The molecule has 1 aliphatic rings. The zero-order valence-electron chi connectivity index (χ0n) is 10.8. The van der Waals surface area contributed by atoms with Crippen LogP contribution in [0.3, 0.4) is 0 Å². The second-order valence-corrected chi connectivity index (χ2v) is 4.09. The molecular formula is C12H23N3O2. The van der Waals surface area contributed by atoms with Crippen LogP contribution in [0.2, 0.25) is 0 Å². The number of nitrogens with one attached hydrogen (secondary N) is 2. The van der Waals surface area contributed by atoms with Crippen molar-refractivity contribution >= 4 is 5.96 Å². The predicted octanol–water partition coefficient (Wildman–Crippen LogP) is 0.533. The SMILES string of the molecule is C=CCNC(=NC)NCC1(OC)CCOCC1. The zero-order chi connectivity index (χ0) is 12.6. The van der Waals surface area contributed by atoms with E-state index in [2.05, 4.69) is 22.2 Å². The van der Waals surface area contributed by atoms with Crippen molar-refractivity contribution in [2.45, 2.75) is 18.4 Å². The monoisotopic (exact) mass is 241 g/mol. The molecule has 1 aliphatic heterocycles. The minimum Gasteiger partial charge on any atom is -0.381 e. The van der Waals surface area contributed by atoms with Gasteiger partial charge in [0.1, 0.15) is 0 Å². The molecule has 5 heteroatoms. The maximum atomic E-state index is 5.63. The van der Waals surface area contributed by atoms with Crippen LogP contribution in [0, 0.1) is 0 Å². The lowest BCUT2D eigenvalue weighted by Crippen LogP contribution is -2.50. The number of hydrogen-bond donors (Lipinski definition) is 2. The topological polar surface area (TPSA) is 54.9 Å². The van der Waals surface area contributed by atoms with Crippen molar-refractivity contribution in [3.63, 3.8) is 0 Å². The van der Waals surface area contributed by atoms with Gasteiger partial charge in [0.15, 0.2) is 5.96 Å². The van der Waals surface area contributed by atoms with Gasteiger partial charge in [-0.25, -0.2) is 0 Å². The lowest BCUT2D eigenvalue weighted by atomic mass is 9.94. The summed E-state index contributed by atoms with van der Waals surface area (Å²) in [6, 6.07) is 0. The Labute approximate surface area is 103 Å². The minimum absolute atomic E-state index is 0.135. The molecule has 0 aromatic carbocycles. The Morgan fingerprint density at radius 1 is 1.47 bits per heavy atom. The molecule has 0 amide bonds. The molecule has 0 spiro atoms. The Kier molecular flexibility index (Phi) is 6.00. The molecule has 0 aliphatic carbocycles. The second-order valence-electron chi connectivity index (χ2n) is 4.09. The van der Waals surface area contributed by atoms with Gasteiger partial charge in [-0.15, -0.1) is 6.58 Å². The Balaban J connectivity index is 2.42. The first-order valence-electron chi connectivity index (χ1n) is 5.94. The normalized spacial score (nSPS) is 19.8. The summed E-state index contributed by atoms with van der Waals surface area (Å²) in [6.45, 7) is 6.61. The van der Waals surface area contributed by atoms with Crippen LogP contribution in [-0.2, 0) is 9.47 Å². The summed E-state index contributed by atoms with van der Waals surface area (Å²) in [5.41, 5.74) is -0.135. The maximum absolute atomic E-state index is 5.63. The highest BCUT2D eigenvalue weighted by Crippen LogP contribution is 2.23. The molecule has 0 radical (unpaired) electrons. The van der Waals surface area contributed by atoms with Crippen LogP contribution in [0.5, 0.6) is 0 Å². The molecule has 17 heavy (non-hydrogen) atoms. The van der Waals surface area contributed by atoms with E-state index in [9.17, 15) is 0 Å². The average Bonchev–Trinajstić information content (AvgIpc) is 2.40. The minimum atomic E-state index is -0.135. The van der Waals surface area contributed by atoms with Crippen molar-refractivity contribution in [1.82, 2.24) is 10.6 Å². The fraction of sp³-hybridized carbons (Fsp3) is 0.750. The van der Waals surface area contributed by atoms with Crippen molar-refractivity contribution in [3.05, 3.63) is 12.7 Å². The van der Waals surface area contributed by atoms with Crippen molar-refractivity contribution in [1.29, 1.82) is 0 Å². The fourth-order valence-electron chi connectivity index (χ4n) is 1.83. The van der Waals surface area contributed by atoms with Crippen molar-refractivity contribution < 1.29 is 9.47 Å². The van der Waals surface area contributed by atoms with E-state index < -0.39 is 0 Å². The molecule has 1 saturated heterocycles. The predicted molar refractivity (Wildman–Crippen MR) is 69.4 cm³/mol. The van der Waals surface area contributed by atoms with Gasteiger partial charge >= 0.3 is 0 Å². The molecule has 0 saturated carbocycles. The van der Waals surface area contributed by atoms with Gasteiger partial charge in [0.05, 0.1) is 5.60 Å². The van der Waals surface area contributed by atoms with Crippen LogP contribution in [0.15, 0.2) is 17.6 Å². The van der Waals surface area contributed by atoms with E-state index in [1.54, 1.807) is 20.2 Å². The van der Waals surface area contributed by atoms with Gasteiger partial charge in [0.2, 0.25) is 0 Å². The number of ether oxygens (including phenoxy) is 2. The van der Waals surface area contributed by atoms with Crippen LogP contribution >= 0.6 is 0 Å². The van der Waals surface area contributed by atoms with Gasteiger partial charge in [-0.3, -0.25) is 4.99 Å². The smallest absolute Gasteiger partial charge is 0.191 e. The standard InChI is InChI=1S/C12H23N3O2/c1-4-7-14-11(13-2)15-10-12(16-3)5-8-17-9-6-12/h4H,1,5-10H2,2-3H3,(H2,13,14,15). The fourth-order valence-corrected chi connectivity index (χ4v) is 1.83. The summed E-state index contributed by atoms with van der Waals surface area (Å²) in [4.78, 5) is 4.14. The number of hydrogen-bond acceptors (Lipinski definition) is 3. The molecular weight excluding hydrogens is 218 g/mol. The largest absolute Gasteiger partial charge is 0.381 e. The Morgan fingerprint density at radius 2 is 2.18 bits per heavy atom. The molecule has 0 unspecified atom stereocenters. The molecule has 98 valence electrons. The van der Waals surface area contributed by atoms with E-state index in [-0.39, 0.29) is 5.60 Å². The summed E-state index contributed by atoms with van der Waals surface area (Å²) in [5.74, 6) is 0.771. The van der Waals surface area contributed by atoms with Crippen molar-refractivity contribution in [2.75, 3.05) is 40.5 Å². The summed E-state index contributed by atoms with van der Waals surface area (Å²) in [5, 5.41) is 6.41. The van der Waals surface area contributed by atoms with E-state index in [1.807, 2.05) is 0 Å². The van der Waals surface area contributed by atoms with E-state index in [1.165, 1.54) is 0 Å². The molecule has 5 nitrogen and oxygen atoms in total. The second kappa shape index (κ2) is 7.29. The van der Waals surface area contributed by atoms with Gasteiger partial charge in [-0.2, -0.15) is 0 Å². The van der Waals surface area contributed by atoms with E-state index in [0.717, 1.165) is 38.6 Å². The van der Waals surface area contributed by atoms with Crippen LogP contribution < -0.4 is 10.6 Å². The molecule has 0 atom stereocenters. The molecule has 0 aromatic heterocycles. The number of nitrogens with zero attached hydrogens (tertiary/aromatic N) is 1. The van der Waals surface area contributed by atoms with Crippen LogP contribution in [0.4, 0.5) is 0 Å². The van der Waals surface area contributed by atoms with Gasteiger partial charge in [-0.05, 0) is 0 Å². The third-order valence-electron chi connectivity index (χ3n) is 3.05. The first kappa shape index (κ1) is 14.0. The summed E-state index contributed by atoms with van der Waals surface area (Å²) < 4.78 is 11.0. The molecule has 1 heterocycles. The first-order chi connectivity index (χ1) is 8.26. The van der Waals surface area contributed by atoms with E-state index >= 15 is 0 Å². The molecule has 0 aromatic rings. The number of aliphatic imine (C=N–C) groups is 1. The third-order valence-corrected chi connectivity index (χ3v) is 3.05. The maximum Gasteiger partial charge on any atom is 0.191 e. The highest BCUT2D eigenvalue weighted by atomic mass is 16.5. The molecule has 0 bridgehead atoms. The molecule has 2 N–H and O–H groups in total. The first-order valence-corrected chi connectivity index (χ1v) is 5.94. The lowest BCUT2D eigenvalue weighted by molar-refractivity contribution is -0.0855. The van der Waals surface area contributed by atoms with Crippen LogP contribution in [0.25, 0.3) is 0 Å². The Morgan fingerprint density at radius 3 is 2.71 bits per heavy atom. The van der Waals surface area contributed by atoms with Gasteiger partial charge in [-0.1, -0.05) is 6.08 Å². The molecule has 1 rings (SSSR count). The average molecular weight is 241 g/mol. The zero-order valence-corrected chi connectivity index (χ0v) is 10.8. The highest BCUT2D eigenvalue weighted by Gasteiger charge is 2.32. The van der Waals surface area contributed by atoms with Gasteiger partial charge in [0, 0.05) is 53.3 Å². The number of methoxy groups -OCH3 is 1. The summed E-state index contributed by atoms with van der Waals surface area (Å²) in [6.07, 6.45) is 3.62. The van der Waals surface area contributed by atoms with E-state index in [0.29, 0.717) is 6.54 Å². The molecule has 1 fully saturated rings. The highest BCUT2D eigenvalue weighted by molar-refractivity contribution is 5.79. The van der Waals surface area contributed by atoms with Crippen molar-refractivity contribution in [2.24, 2.45) is 4.99 Å². The van der Waals surface area contributed by atoms with E-state index in [4.69, 9.17) is 9.47 Å². The Bertz CT molecular complexity index is 260. The van der Waals surface area contributed by atoms with Gasteiger partial charge < -0.3 is 20.1 Å². The summed E-state index contributed by atoms with van der Waals surface area (Å²) in [7, 11) is 3.51. The third kappa shape index (κ3) is 4.36. The van der Waals surface area contributed by atoms with Crippen LogP contribution in [-0.4, -0.2) is 52.0 Å². The number of rotatable bonds is 5.